The maximum atomic E-state index is 5.97. The van der Waals surface area contributed by atoms with Crippen molar-refractivity contribution in [1.82, 2.24) is 4.98 Å². The molecule has 0 bridgehead atoms. The highest BCUT2D eigenvalue weighted by Crippen LogP contribution is 2.28. The first-order valence-electron chi connectivity index (χ1n) is 6.96. The second kappa shape index (κ2) is 6.42. The van der Waals surface area contributed by atoms with Gasteiger partial charge < -0.3 is 10.1 Å². The van der Waals surface area contributed by atoms with Gasteiger partial charge in [-0.2, -0.15) is 0 Å². The van der Waals surface area contributed by atoms with Crippen molar-refractivity contribution < 1.29 is 4.74 Å². The van der Waals surface area contributed by atoms with Gasteiger partial charge in [0.25, 0.3) is 0 Å². The van der Waals surface area contributed by atoms with E-state index in [1.807, 2.05) is 19.2 Å². The second-order valence-electron chi connectivity index (χ2n) is 5.27. The van der Waals surface area contributed by atoms with Crippen LogP contribution >= 0.6 is 0 Å². The van der Waals surface area contributed by atoms with E-state index >= 15 is 0 Å². The van der Waals surface area contributed by atoms with Gasteiger partial charge in [-0.3, -0.25) is 4.98 Å². The molecule has 0 saturated carbocycles. The molecular weight excluding hydrogens is 248 g/mol. The van der Waals surface area contributed by atoms with Gasteiger partial charge in [0.1, 0.15) is 12.4 Å². The molecule has 0 aliphatic heterocycles. The standard InChI is InChI=1S/C17H22N2O/c1-12(2)16-6-5-13(3)9-17(16)20-11-15-10-14(18-4)7-8-19-15/h5-10,12H,11H2,1-4H3,(H,18,19). The lowest BCUT2D eigenvalue weighted by Gasteiger charge is -2.15. The van der Waals surface area contributed by atoms with Gasteiger partial charge in [-0.15, -0.1) is 0 Å². The smallest absolute Gasteiger partial charge is 0.130 e. The summed E-state index contributed by atoms with van der Waals surface area (Å²) in [7, 11) is 1.90. The fraction of sp³-hybridized carbons (Fsp3) is 0.353. The van der Waals surface area contributed by atoms with E-state index in [1.165, 1.54) is 11.1 Å². The summed E-state index contributed by atoms with van der Waals surface area (Å²) in [6.07, 6.45) is 1.80. The lowest BCUT2D eigenvalue weighted by atomic mass is 10.0. The zero-order valence-electron chi connectivity index (χ0n) is 12.6. The Morgan fingerprint density at radius 3 is 2.70 bits per heavy atom. The summed E-state index contributed by atoms with van der Waals surface area (Å²) in [5.74, 6) is 1.40. The van der Waals surface area contributed by atoms with Crippen molar-refractivity contribution in [3.05, 3.63) is 53.3 Å². The molecule has 2 rings (SSSR count). The van der Waals surface area contributed by atoms with Crippen LogP contribution < -0.4 is 10.1 Å². The Labute approximate surface area is 121 Å². The largest absolute Gasteiger partial charge is 0.487 e. The van der Waals surface area contributed by atoms with Crippen LogP contribution in [-0.2, 0) is 6.61 Å². The fourth-order valence-electron chi connectivity index (χ4n) is 2.11. The van der Waals surface area contributed by atoms with Crippen molar-refractivity contribution in [2.45, 2.75) is 33.3 Å². The molecule has 0 atom stereocenters. The van der Waals surface area contributed by atoms with Crippen LogP contribution in [0.4, 0.5) is 5.69 Å². The number of nitrogens with one attached hydrogen (secondary N) is 1. The summed E-state index contributed by atoms with van der Waals surface area (Å²) < 4.78 is 5.97. The number of rotatable bonds is 5. The number of nitrogens with zero attached hydrogens (tertiary/aromatic N) is 1. The third-order valence-electron chi connectivity index (χ3n) is 3.27. The summed E-state index contributed by atoms with van der Waals surface area (Å²) >= 11 is 0. The van der Waals surface area contributed by atoms with Crippen LogP contribution in [0.25, 0.3) is 0 Å². The number of aromatic nitrogens is 1. The number of pyridine rings is 1. The third kappa shape index (κ3) is 3.50. The highest BCUT2D eigenvalue weighted by Gasteiger charge is 2.08. The lowest BCUT2D eigenvalue weighted by Crippen LogP contribution is -2.02. The summed E-state index contributed by atoms with van der Waals surface area (Å²) in [4.78, 5) is 4.33. The van der Waals surface area contributed by atoms with Crippen molar-refractivity contribution in [3.63, 3.8) is 0 Å². The predicted octanol–water partition coefficient (Wildman–Crippen LogP) is 4.13. The number of hydrogen-bond donors (Lipinski definition) is 1. The summed E-state index contributed by atoms with van der Waals surface area (Å²) in [5.41, 5.74) is 4.42. The fourth-order valence-corrected chi connectivity index (χ4v) is 2.11. The molecule has 0 saturated heterocycles. The minimum atomic E-state index is 0.446. The van der Waals surface area contributed by atoms with Crippen LogP contribution in [0.2, 0.25) is 0 Å². The normalized spacial score (nSPS) is 10.7. The Morgan fingerprint density at radius 1 is 1.20 bits per heavy atom. The predicted molar refractivity (Wildman–Crippen MR) is 83.4 cm³/mol. The first-order chi connectivity index (χ1) is 9.60. The van der Waals surface area contributed by atoms with Crippen molar-refractivity contribution in [1.29, 1.82) is 0 Å². The number of benzene rings is 1. The van der Waals surface area contributed by atoms with E-state index in [2.05, 4.69) is 49.3 Å². The highest BCUT2D eigenvalue weighted by atomic mass is 16.5. The maximum Gasteiger partial charge on any atom is 0.130 e. The molecule has 0 fully saturated rings. The van der Waals surface area contributed by atoms with Crippen molar-refractivity contribution in [3.8, 4) is 5.75 Å². The lowest BCUT2D eigenvalue weighted by molar-refractivity contribution is 0.297. The van der Waals surface area contributed by atoms with Gasteiger partial charge in [-0.1, -0.05) is 26.0 Å². The Bertz CT molecular complexity index is 579. The Morgan fingerprint density at radius 2 is 2.00 bits per heavy atom. The average Bonchev–Trinajstić information content (AvgIpc) is 2.45. The van der Waals surface area contributed by atoms with E-state index in [0.717, 1.165) is 17.1 Å². The molecule has 2 aromatic rings. The molecule has 1 N–H and O–H groups in total. The van der Waals surface area contributed by atoms with Gasteiger partial charge in [0.2, 0.25) is 0 Å². The number of hydrogen-bond acceptors (Lipinski definition) is 3. The van der Waals surface area contributed by atoms with E-state index in [0.29, 0.717) is 12.5 Å². The molecule has 0 aliphatic carbocycles. The number of aryl methyl sites for hydroxylation is 1. The second-order valence-corrected chi connectivity index (χ2v) is 5.27. The zero-order chi connectivity index (χ0) is 14.5. The van der Waals surface area contributed by atoms with Crippen molar-refractivity contribution >= 4 is 5.69 Å². The average molecular weight is 270 g/mol. The van der Waals surface area contributed by atoms with Crippen LogP contribution in [0.1, 0.15) is 36.6 Å². The van der Waals surface area contributed by atoms with Crippen LogP contribution in [0.15, 0.2) is 36.5 Å². The Kier molecular flexibility index (Phi) is 4.61. The van der Waals surface area contributed by atoms with E-state index in [1.54, 1.807) is 6.20 Å². The first kappa shape index (κ1) is 14.4. The van der Waals surface area contributed by atoms with Crippen LogP contribution in [0.5, 0.6) is 5.75 Å². The van der Waals surface area contributed by atoms with E-state index in [9.17, 15) is 0 Å². The molecule has 0 spiro atoms. The molecule has 0 radical (unpaired) electrons. The summed E-state index contributed by atoms with van der Waals surface area (Å²) in [6, 6.07) is 10.3. The summed E-state index contributed by atoms with van der Waals surface area (Å²) in [5, 5.41) is 3.11. The van der Waals surface area contributed by atoms with Gasteiger partial charge in [-0.05, 0) is 42.2 Å². The number of anilines is 1. The molecule has 20 heavy (non-hydrogen) atoms. The van der Waals surface area contributed by atoms with E-state index in [-0.39, 0.29) is 0 Å². The van der Waals surface area contributed by atoms with Gasteiger partial charge in [-0.25, -0.2) is 0 Å². The maximum absolute atomic E-state index is 5.97. The van der Waals surface area contributed by atoms with Gasteiger partial charge in [0, 0.05) is 18.9 Å². The molecule has 1 aromatic carbocycles. The topological polar surface area (TPSA) is 34.2 Å². The molecule has 0 unspecified atom stereocenters. The third-order valence-corrected chi connectivity index (χ3v) is 3.27. The molecule has 1 aromatic heterocycles. The Balaban J connectivity index is 2.15. The van der Waals surface area contributed by atoms with Crippen LogP contribution in [-0.4, -0.2) is 12.0 Å². The molecule has 1 heterocycles. The minimum Gasteiger partial charge on any atom is -0.487 e. The van der Waals surface area contributed by atoms with Gasteiger partial charge in [0.15, 0.2) is 0 Å². The highest BCUT2D eigenvalue weighted by molar-refractivity contribution is 5.43. The summed E-state index contributed by atoms with van der Waals surface area (Å²) in [6.45, 7) is 6.92. The molecular formula is C17H22N2O. The first-order valence-corrected chi connectivity index (χ1v) is 6.96. The molecule has 0 aliphatic rings. The van der Waals surface area contributed by atoms with Crippen LogP contribution in [0.3, 0.4) is 0 Å². The monoisotopic (exact) mass is 270 g/mol. The number of ether oxygens (including phenoxy) is 1. The van der Waals surface area contributed by atoms with Crippen molar-refractivity contribution in [2.75, 3.05) is 12.4 Å². The SMILES string of the molecule is CNc1ccnc(COc2cc(C)ccc2C(C)C)c1. The molecule has 106 valence electrons. The quantitative estimate of drug-likeness (QED) is 0.887. The van der Waals surface area contributed by atoms with Crippen LogP contribution in [0, 0.1) is 6.92 Å². The molecule has 0 amide bonds. The van der Waals surface area contributed by atoms with Crippen molar-refractivity contribution in [2.24, 2.45) is 0 Å². The van der Waals surface area contributed by atoms with Gasteiger partial charge >= 0.3 is 0 Å². The Hall–Kier alpha value is -2.03. The minimum absolute atomic E-state index is 0.446. The molecule has 3 nitrogen and oxygen atoms in total. The zero-order valence-corrected chi connectivity index (χ0v) is 12.6. The van der Waals surface area contributed by atoms with Gasteiger partial charge in [0.05, 0.1) is 5.69 Å². The van der Waals surface area contributed by atoms with E-state index in [4.69, 9.17) is 4.74 Å². The van der Waals surface area contributed by atoms with E-state index < -0.39 is 0 Å². The molecule has 3 heteroatoms.